The van der Waals surface area contributed by atoms with Gasteiger partial charge in [0.25, 0.3) is 0 Å². The standard InChI is InChI=1S/2C3H4N2.2CN/c2*1-2-5-3-4-1;2*1-2/h2*1-3H,(H,4,5);;/q;;2*-1/p+2. The number of aromatic amines is 4. The molecule has 2 heterocycles. The second kappa shape index (κ2) is 16.8. The van der Waals surface area contributed by atoms with Crippen molar-refractivity contribution in [2.45, 2.75) is 0 Å². The Hall–Kier alpha value is -2.60. The van der Waals surface area contributed by atoms with Crippen LogP contribution in [-0.2, 0) is 0 Å². The van der Waals surface area contributed by atoms with Crippen molar-refractivity contribution < 1.29 is 9.97 Å². The number of hydrogen-bond acceptors (Lipinski definition) is 2. The molecule has 14 heavy (non-hydrogen) atoms. The minimum atomic E-state index is 1.75. The quantitative estimate of drug-likeness (QED) is 0.563. The SMILES string of the molecule is [C-]#N.[C-]#N.c1c[nH+]c[nH]1.c1c[nH+]c[nH]1. The van der Waals surface area contributed by atoms with Crippen LogP contribution in [0.25, 0.3) is 0 Å². The smallest absolute Gasteiger partial charge is 0.239 e. The van der Waals surface area contributed by atoms with Crippen LogP contribution in [0.2, 0.25) is 0 Å². The van der Waals surface area contributed by atoms with Crippen LogP contribution in [0.4, 0.5) is 0 Å². The highest BCUT2D eigenvalue weighted by atomic mass is 14.8. The maximum Gasteiger partial charge on any atom is 0.239 e. The lowest BCUT2D eigenvalue weighted by atomic mass is 11.0. The molecule has 0 radical (unpaired) electrons. The number of nitrogens with zero attached hydrogens (tertiary/aromatic N) is 2. The van der Waals surface area contributed by atoms with Crippen molar-refractivity contribution in [2.24, 2.45) is 0 Å². The van der Waals surface area contributed by atoms with Gasteiger partial charge in [0, 0.05) is 0 Å². The summed E-state index contributed by atoms with van der Waals surface area (Å²) in [6.07, 6.45) is 10.8. The van der Waals surface area contributed by atoms with E-state index in [2.05, 4.69) is 19.9 Å². The highest BCUT2D eigenvalue weighted by molar-refractivity contribution is 4.53. The number of rotatable bonds is 0. The number of hydrogen-bond donors (Lipinski definition) is 2. The van der Waals surface area contributed by atoms with Crippen LogP contribution in [0.5, 0.6) is 0 Å². The molecule has 4 N–H and O–H groups in total. The fourth-order valence-corrected chi connectivity index (χ4v) is 0.481. The van der Waals surface area contributed by atoms with Crippen molar-refractivity contribution in [3.8, 4) is 0 Å². The van der Waals surface area contributed by atoms with Crippen molar-refractivity contribution >= 4 is 0 Å². The van der Waals surface area contributed by atoms with Gasteiger partial charge in [-0.25, -0.2) is 0 Å². The first-order valence-corrected chi connectivity index (χ1v) is 3.42. The maximum atomic E-state index is 6.25. The molecule has 0 aliphatic heterocycles. The summed E-state index contributed by atoms with van der Waals surface area (Å²) in [7, 11) is 0. The number of H-pyrrole nitrogens is 4. The van der Waals surface area contributed by atoms with E-state index in [1.807, 2.05) is 24.8 Å². The Labute approximate surface area is 81.9 Å². The van der Waals surface area contributed by atoms with E-state index in [-0.39, 0.29) is 0 Å². The van der Waals surface area contributed by atoms with Gasteiger partial charge in [0.2, 0.25) is 12.7 Å². The van der Waals surface area contributed by atoms with E-state index in [1.54, 1.807) is 12.7 Å². The molecule has 2 rings (SSSR count). The predicted octanol–water partition coefficient (Wildman–Crippen LogP) is -0.150. The lowest BCUT2D eigenvalue weighted by Gasteiger charge is -1.37. The van der Waals surface area contributed by atoms with Crippen LogP contribution in [0.1, 0.15) is 0 Å². The maximum absolute atomic E-state index is 6.25. The van der Waals surface area contributed by atoms with E-state index >= 15 is 0 Å². The summed E-state index contributed by atoms with van der Waals surface area (Å²) in [4.78, 5) is 11.2. The van der Waals surface area contributed by atoms with Gasteiger partial charge in [0.1, 0.15) is 24.8 Å². The van der Waals surface area contributed by atoms with Gasteiger partial charge in [0.15, 0.2) is 0 Å². The fourth-order valence-electron chi connectivity index (χ4n) is 0.481. The van der Waals surface area contributed by atoms with Gasteiger partial charge in [-0.15, -0.1) is 0 Å². The molecule has 0 atom stereocenters. The molecular formula is C8H10N6. The van der Waals surface area contributed by atoms with Crippen molar-refractivity contribution in [1.82, 2.24) is 9.97 Å². The third-order valence-corrected chi connectivity index (χ3v) is 0.885. The third kappa shape index (κ3) is 12.1. The van der Waals surface area contributed by atoms with Gasteiger partial charge < -0.3 is 23.7 Å². The molecule has 0 saturated carbocycles. The first-order chi connectivity index (χ1) is 7.00. The molecular weight excluding hydrogens is 180 g/mol. The summed E-state index contributed by atoms with van der Waals surface area (Å²) in [5.41, 5.74) is 0. The highest BCUT2D eigenvalue weighted by Crippen LogP contribution is 1.54. The van der Waals surface area contributed by atoms with Crippen LogP contribution in [0.3, 0.4) is 0 Å². The Morgan fingerprint density at radius 2 is 1.14 bits per heavy atom. The van der Waals surface area contributed by atoms with E-state index < -0.39 is 0 Å². The zero-order chi connectivity index (χ0) is 11.1. The normalized spacial score (nSPS) is 6.00. The molecule has 0 fully saturated rings. The van der Waals surface area contributed by atoms with Gasteiger partial charge in [0.05, 0.1) is 0 Å². The minimum Gasteiger partial charge on any atom is -0.512 e. The van der Waals surface area contributed by atoms with Gasteiger partial charge in [-0.05, 0) is 0 Å². The molecule has 0 aromatic carbocycles. The Morgan fingerprint density at radius 1 is 0.786 bits per heavy atom. The molecule has 0 unspecified atom stereocenters. The lowest BCUT2D eigenvalue weighted by Crippen LogP contribution is -1.87. The third-order valence-electron chi connectivity index (χ3n) is 0.885. The topological polar surface area (TPSA) is 107 Å². The predicted molar refractivity (Wildman–Crippen MR) is 44.6 cm³/mol. The van der Waals surface area contributed by atoms with Crippen LogP contribution in [0, 0.1) is 23.7 Å². The Morgan fingerprint density at radius 3 is 1.21 bits per heavy atom. The first kappa shape index (κ1) is 14.0. The molecule has 0 amide bonds. The molecule has 2 aromatic rings. The van der Waals surface area contributed by atoms with Crippen LogP contribution in [-0.4, -0.2) is 9.97 Å². The highest BCUT2D eigenvalue weighted by Gasteiger charge is 1.65. The largest absolute Gasteiger partial charge is 0.512 e. The second-order valence-electron chi connectivity index (χ2n) is 1.62. The average molecular weight is 190 g/mol. The number of imidazole rings is 2. The minimum absolute atomic E-state index is 1.75. The number of aromatic nitrogens is 4. The molecule has 72 valence electrons. The fraction of sp³-hybridized carbons (Fsp3) is 0. The summed E-state index contributed by atoms with van der Waals surface area (Å²) >= 11 is 0. The van der Waals surface area contributed by atoms with Crippen molar-refractivity contribution in [2.75, 3.05) is 0 Å². The van der Waals surface area contributed by atoms with E-state index in [4.69, 9.17) is 23.7 Å². The molecule has 0 saturated heterocycles. The molecule has 0 aliphatic carbocycles. The summed E-state index contributed by atoms with van der Waals surface area (Å²) in [5.74, 6) is 0. The second-order valence-corrected chi connectivity index (χ2v) is 1.62. The molecule has 6 heteroatoms. The molecule has 0 spiro atoms. The zero-order valence-electron chi connectivity index (χ0n) is 7.36. The molecule has 6 nitrogen and oxygen atoms in total. The summed E-state index contributed by atoms with van der Waals surface area (Å²) in [5, 5.41) is 12.5. The van der Waals surface area contributed by atoms with Gasteiger partial charge in [-0.3, -0.25) is 19.9 Å². The van der Waals surface area contributed by atoms with E-state index in [9.17, 15) is 0 Å². The Balaban J connectivity index is 0. The van der Waals surface area contributed by atoms with Crippen molar-refractivity contribution in [3.63, 3.8) is 0 Å². The Kier molecular flexibility index (Phi) is 16.7. The molecule has 0 bridgehead atoms. The lowest BCUT2D eigenvalue weighted by molar-refractivity contribution is -0.376. The van der Waals surface area contributed by atoms with Crippen LogP contribution >= 0.6 is 0 Å². The van der Waals surface area contributed by atoms with Crippen LogP contribution in [0.15, 0.2) is 37.4 Å². The van der Waals surface area contributed by atoms with Crippen molar-refractivity contribution in [1.29, 1.82) is 10.5 Å². The van der Waals surface area contributed by atoms with Crippen LogP contribution < -0.4 is 9.97 Å². The number of nitrogens with one attached hydrogen (secondary N) is 4. The van der Waals surface area contributed by atoms with Gasteiger partial charge in [-0.1, -0.05) is 0 Å². The van der Waals surface area contributed by atoms with Gasteiger partial charge >= 0.3 is 0 Å². The average Bonchev–Trinajstić information content (AvgIpc) is 3.01. The summed E-state index contributed by atoms with van der Waals surface area (Å²) in [6.45, 7) is 9.50. The molecule has 0 aliphatic rings. The van der Waals surface area contributed by atoms with E-state index in [0.717, 1.165) is 0 Å². The molecule has 2 aromatic heterocycles. The van der Waals surface area contributed by atoms with E-state index in [1.165, 1.54) is 0 Å². The summed E-state index contributed by atoms with van der Waals surface area (Å²) in [6, 6.07) is 0. The Bertz CT molecular complexity index is 213. The van der Waals surface area contributed by atoms with Crippen molar-refractivity contribution in [3.05, 3.63) is 50.6 Å². The van der Waals surface area contributed by atoms with E-state index in [0.29, 0.717) is 0 Å². The monoisotopic (exact) mass is 190 g/mol. The zero-order valence-corrected chi connectivity index (χ0v) is 7.36. The summed E-state index contributed by atoms with van der Waals surface area (Å²) < 4.78 is 0. The van der Waals surface area contributed by atoms with Gasteiger partial charge in [-0.2, -0.15) is 0 Å². The first-order valence-electron chi connectivity index (χ1n) is 3.42.